The molecule has 0 aliphatic carbocycles. The number of aryl methyl sites for hydroxylation is 1. The predicted octanol–water partition coefficient (Wildman–Crippen LogP) is 6.33. The Balaban J connectivity index is 1.73. The summed E-state index contributed by atoms with van der Waals surface area (Å²) >= 11 is 5.90. The smallest absolute Gasteiger partial charge is 0.336 e. The maximum absolute atomic E-state index is 12.1. The quantitative estimate of drug-likeness (QED) is 0.165. The van der Waals surface area contributed by atoms with Gasteiger partial charge in [-0.15, -0.1) is 0 Å². The molecule has 0 saturated heterocycles. The molecule has 4 heteroatoms. The third kappa shape index (κ3) is 5.93. The van der Waals surface area contributed by atoms with E-state index in [0.717, 1.165) is 22.3 Å². The number of hydrogen-bond donors (Lipinski definition) is 0. The summed E-state index contributed by atoms with van der Waals surface area (Å²) in [6.45, 7) is 2.01. The molecule has 142 valence electrons. The van der Waals surface area contributed by atoms with Gasteiger partial charge >= 0.3 is 5.97 Å². The third-order valence-corrected chi connectivity index (χ3v) is 4.40. The van der Waals surface area contributed by atoms with Crippen LogP contribution in [0.4, 0.5) is 0 Å². The van der Waals surface area contributed by atoms with Crippen LogP contribution >= 0.6 is 11.6 Å². The molecule has 3 nitrogen and oxygen atoms in total. The van der Waals surface area contributed by atoms with Crippen molar-refractivity contribution in [2.45, 2.75) is 6.92 Å². The van der Waals surface area contributed by atoms with E-state index in [-0.39, 0.29) is 0 Å². The molecule has 0 unspecified atom stereocenters. The van der Waals surface area contributed by atoms with Gasteiger partial charge in [0.25, 0.3) is 0 Å². The molecule has 3 aromatic rings. The van der Waals surface area contributed by atoms with E-state index in [1.807, 2.05) is 37.3 Å². The van der Waals surface area contributed by atoms with Crippen LogP contribution in [0.25, 0.3) is 17.7 Å². The molecule has 0 fully saturated rings. The first-order valence-electron chi connectivity index (χ1n) is 8.98. The number of nitriles is 1. The van der Waals surface area contributed by atoms with Crippen molar-refractivity contribution >= 4 is 35.3 Å². The monoisotopic (exact) mass is 399 g/mol. The molecule has 0 aromatic heterocycles. The molecule has 0 spiro atoms. The van der Waals surface area contributed by atoms with E-state index in [9.17, 15) is 10.1 Å². The Labute approximate surface area is 175 Å². The number of carbonyl (C=O) groups is 1. The van der Waals surface area contributed by atoms with Crippen molar-refractivity contribution in [3.05, 3.63) is 106 Å². The van der Waals surface area contributed by atoms with Crippen LogP contribution in [0.3, 0.4) is 0 Å². The SMILES string of the molecule is Cc1ccc(/C=C/C(=O)Oc2cccc(/C=C(/C#N)c3ccc(Cl)cc3)c2)cc1. The van der Waals surface area contributed by atoms with Gasteiger partial charge in [0.2, 0.25) is 0 Å². The lowest BCUT2D eigenvalue weighted by molar-refractivity contribution is -0.128. The summed E-state index contributed by atoms with van der Waals surface area (Å²) in [5, 5.41) is 10.1. The van der Waals surface area contributed by atoms with Crippen molar-refractivity contribution < 1.29 is 9.53 Å². The number of ether oxygens (including phenoxy) is 1. The molecule has 0 N–H and O–H groups in total. The summed E-state index contributed by atoms with van der Waals surface area (Å²) in [7, 11) is 0. The highest BCUT2D eigenvalue weighted by atomic mass is 35.5. The molecule has 0 atom stereocenters. The second kappa shape index (κ2) is 9.54. The van der Waals surface area contributed by atoms with Crippen molar-refractivity contribution in [3.63, 3.8) is 0 Å². The minimum atomic E-state index is -0.468. The molecule has 0 radical (unpaired) electrons. The van der Waals surface area contributed by atoms with Crippen LogP contribution in [0, 0.1) is 18.3 Å². The standard InChI is InChI=1S/C25H18ClNO2/c1-18-5-7-19(8-6-18)9-14-25(28)29-24-4-2-3-20(16-24)15-22(17-27)21-10-12-23(26)13-11-21/h2-16H,1H3/b14-9+,22-15-. The van der Waals surface area contributed by atoms with Gasteiger partial charge in [0, 0.05) is 11.1 Å². The highest BCUT2D eigenvalue weighted by molar-refractivity contribution is 6.30. The Morgan fingerprint density at radius 3 is 2.41 bits per heavy atom. The van der Waals surface area contributed by atoms with Crippen molar-refractivity contribution in [2.24, 2.45) is 0 Å². The van der Waals surface area contributed by atoms with E-state index >= 15 is 0 Å². The number of halogens is 1. The van der Waals surface area contributed by atoms with Crippen LogP contribution in [0.15, 0.2) is 78.9 Å². The highest BCUT2D eigenvalue weighted by Crippen LogP contribution is 2.22. The first kappa shape index (κ1) is 20.1. The fourth-order valence-corrected chi connectivity index (χ4v) is 2.76. The molecule has 0 aliphatic heterocycles. The lowest BCUT2D eigenvalue weighted by atomic mass is 10.0. The topological polar surface area (TPSA) is 50.1 Å². The predicted molar refractivity (Wildman–Crippen MR) is 117 cm³/mol. The van der Waals surface area contributed by atoms with Crippen LogP contribution in [0.2, 0.25) is 5.02 Å². The molecule has 0 saturated carbocycles. The largest absolute Gasteiger partial charge is 0.423 e. The first-order chi connectivity index (χ1) is 14.0. The van der Waals surface area contributed by atoms with Crippen LogP contribution < -0.4 is 4.74 Å². The van der Waals surface area contributed by atoms with Crippen molar-refractivity contribution in [3.8, 4) is 11.8 Å². The van der Waals surface area contributed by atoms with Gasteiger partial charge in [0.05, 0.1) is 11.6 Å². The molecule has 3 rings (SSSR count). The Hall–Kier alpha value is -3.61. The van der Waals surface area contributed by atoms with Crippen LogP contribution in [-0.2, 0) is 4.79 Å². The van der Waals surface area contributed by atoms with Gasteiger partial charge in [0.15, 0.2) is 0 Å². The van der Waals surface area contributed by atoms with E-state index in [0.29, 0.717) is 16.3 Å². The third-order valence-electron chi connectivity index (χ3n) is 4.15. The van der Waals surface area contributed by atoms with Gasteiger partial charge in [0.1, 0.15) is 5.75 Å². The van der Waals surface area contributed by atoms with Crippen LogP contribution in [-0.4, -0.2) is 5.97 Å². The average Bonchev–Trinajstić information content (AvgIpc) is 2.73. The van der Waals surface area contributed by atoms with E-state index in [1.54, 1.807) is 54.6 Å². The second-order valence-electron chi connectivity index (χ2n) is 6.41. The van der Waals surface area contributed by atoms with Crippen LogP contribution in [0.5, 0.6) is 5.75 Å². The van der Waals surface area contributed by atoms with E-state index in [1.165, 1.54) is 6.08 Å². The van der Waals surface area contributed by atoms with Gasteiger partial charge in [-0.05, 0) is 60.0 Å². The van der Waals surface area contributed by atoms with E-state index < -0.39 is 5.97 Å². The zero-order valence-corrected chi connectivity index (χ0v) is 16.6. The van der Waals surface area contributed by atoms with Crippen molar-refractivity contribution in [1.82, 2.24) is 0 Å². The Bertz CT molecular complexity index is 1100. The summed E-state index contributed by atoms with van der Waals surface area (Å²) in [5.74, 6) is -0.0596. The second-order valence-corrected chi connectivity index (χ2v) is 6.85. The number of rotatable bonds is 5. The first-order valence-corrected chi connectivity index (χ1v) is 9.36. The van der Waals surface area contributed by atoms with E-state index in [2.05, 4.69) is 6.07 Å². The lowest BCUT2D eigenvalue weighted by Gasteiger charge is -2.04. The maximum Gasteiger partial charge on any atom is 0.336 e. The van der Waals surface area contributed by atoms with Gasteiger partial charge in [-0.2, -0.15) is 5.26 Å². The van der Waals surface area contributed by atoms with Gasteiger partial charge < -0.3 is 4.74 Å². The Morgan fingerprint density at radius 1 is 1.00 bits per heavy atom. The molecular weight excluding hydrogens is 382 g/mol. The van der Waals surface area contributed by atoms with Gasteiger partial charge in [-0.25, -0.2) is 4.79 Å². The Morgan fingerprint density at radius 2 is 1.72 bits per heavy atom. The number of allylic oxidation sites excluding steroid dienone is 1. The highest BCUT2D eigenvalue weighted by Gasteiger charge is 2.04. The van der Waals surface area contributed by atoms with Crippen LogP contribution in [0.1, 0.15) is 22.3 Å². The minimum absolute atomic E-state index is 0.408. The zero-order valence-electron chi connectivity index (χ0n) is 15.8. The number of hydrogen-bond acceptors (Lipinski definition) is 3. The molecular formula is C25H18ClNO2. The van der Waals surface area contributed by atoms with Crippen molar-refractivity contribution in [1.29, 1.82) is 5.26 Å². The average molecular weight is 400 g/mol. The number of carbonyl (C=O) groups excluding carboxylic acids is 1. The number of benzene rings is 3. The van der Waals surface area contributed by atoms with Gasteiger partial charge in [-0.1, -0.05) is 65.7 Å². The molecule has 0 heterocycles. The maximum atomic E-state index is 12.1. The number of esters is 1. The summed E-state index contributed by atoms with van der Waals surface area (Å²) in [5.41, 5.74) is 4.09. The normalized spacial score (nSPS) is 11.3. The zero-order chi connectivity index (χ0) is 20.6. The molecule has 3 aromatic carbocycles. The minimum Gasteiger partial charge on any atom is -0.423 e. The summed E-state index contributed by atoms with van der Waals surface area (Å²) in [6.07, 6.45) is 4.84. The molecule has 0 bridgehead atoms. The summed E-state index contributed by atoms with van der Waals surface area (Å²) < 4.78 is 5.38. The molecule has 29 heavy (non-hydrogen) atoms. The fraction of sp³-hybridized carbons (Fsp3) is 0.0400. The van der Waals surface area contributed by atoms with Crippen molar-refractivity contribution in [2.75, 3.05) is 0 Å². The Kier molecular flexibility index (Phi) is 6.63. The molecule has 0 amide bonds. The summed E-state index contributed by atoms with van der Waals surface area (Å²) in [4.78, 5) is 12.1. The van der Waals surface area contributed by atoms with Gasteiger partial charge in [-0.3, -0.25) is 0 Å². The summed E-state index contributed by atoms with van der Waals surface area (Å²) in [6, 6.07) is 24.1. The van der Waals surface area contributed by atoms with E-state index in [4.69, 9.17) is 16.3 Å². The molecule has 0 aliphatic rings. The fourth-order valence-electron chi connectivity index (χ4n) is 2.64. The lowest BCUT2D eigenvalue weighted by Crippen LogP contribution is -2.03. The number of nitrogens with zero attached hydrogens (tertiary/aromatic N) is 1.